The number of likely N-dealkylation sites (tertiary alicyclic amines) is 1. The molecular formula is C21H30N3O. The fraction of sp³-hybridized carbons (Fsp3) is 0.667. The third-order valence-electron chi connectivity index (χ3n) is 6.52. The number of rotatable bonds is 4. The number of anilines is 1. The fourth-order valence-electron chi connectivity index (χ4n) is 5.06. The lowest BCUT2D eigenvalue weighted by Gasteiger charge is -2.41. The molecule has 2 amide bonds. The van der Waals surface area contributed by atoms with Gasteiger partial charge in [-0.05, 0) is 81.1 Å². The molecule has 0 aromatic heterocycles. The molecule has 1 N–H and O–H groups in total. The summed E-state index contributed by atoms with van der Waals surface area (Å²) in [4.78, 5) is 14.1. The highest BCUT2D eigenvalue weighted by molar-refractivity contribution is 6.02. The molecule has 4 heteroatoms. The molecule has 2 aliphatic heterocycles. The predicted octanol–water partition coefficient (Wildman–Crippen LogP) is 5.01. The van der Waals surface area contributed by atoms with Gasteiger partial charge in [-0.1, -0.05) is 25.8 Å². The van der Waals surface area contributed by atoms with Gasteiger partial charge in [-0.25, -0.2) is 4.79 Å². The van der Waals surface area contributed by atoms with Gasteiger partial charge in [0.15, 0.2) is 0 Å². The van der Waals surface area contributed by atoms with Crippen LogP contribution in [0.25, 0.3) is 0 Å². The highest BCUT2D eigenvalue weighted by Gasteiger charge is 2.30. The maximum absolute atomic E-state index is 11.4. The molecule has 1 radical (unpaired) electrons. The van der Waals surface area contributed by atoms with Crippen molar-refractivity contribution >= 4 is 17.4 Å². The minimum absolute atomic E-state index is 0.236. The maximum atomic E-state index is 11.4. The largest absolute Gasteiger partial charge is 0.346 e. The summed E-state index contributed by atoms with van der Waals surface area (Å²) in [6.07, 6.45) is 10.9. The van der Waals surface area contributed by atoms with Crippen LogP contribution in [0.3, 0.4) is 0 Å². The van der Waals surface area contributed by atoms with E-state index in [1.807, 2.05) is 6.07 Å². The summed E-state index contributed by atoms with van der Waals surface area (Å²) in [6.45, 7) is 4.76. The van der Waals surface area contributed by atoms with Crippen LogP contribution < -0.4 is 10.6 Å². The molecule has 135 valence electrons. The average molecular weight is 340 g/mol. The molecular weight excluding hydrogens is 310 g/mol. The van der Waals surface area contributed by atoms with E-state index in [0.717, 1.165) is 23.3 Å². The van der Waals surface area contributed by atoms with Gasteiger partial charge in [0, 0.05) is 6.04 Å². The van der Waals surface area contributed by atoms with Crippen LogP contribution in [-0.2, 0) is 0 Å². The number of hydrogen-bond acceptors (Lipinski definition) is 2. The Balaban J connectivity index is 1.30. The molecule has 25 heavy (non-hydrogen) atoms. The van der Waals surface area contributed by atoms with Crippen molar-refractivity contribution < 1.29 is 4.79 Å². The zero-order valence-corrected chi connectivity index (χ0v) is 15.3. The van der Waals surface area contributed by atoms with Crippen LogP contribution in [-0.4, -0.2) is 30.1 Å². The van der Waals surface area contributed by atoms with Crippen molar-refractivity contribution in [3.8, 4) is 0 Å². The topological polar surface area (TPSA) is 46.4 Å². The SMILES string of the molecule is CCCC1CCC(N2CCC(c3ccc4c(c3)[N]C(=O)N4)CC2)CC1. The van der Waals surface area contributed by atoms with E-state index >= 15 is 0 Å². The standard InChI is InChI=1S/C21H30N3O/c1-2-3-15-4-7-18(8-5-15)24-12-10-16(11-13-24)17-6-9-19-20(14-17)23-21(25)22-19/h6,9,14-16,18H,2-5,7-8,10-13H2,1H3,(H,22,25). The zero-order chi connectivity index (χ0) is 17.2. The molecule has 1 saturated carbocycles. The molecule has 0 atom stereocenters. The Morgan fingerprint density at radius 1 is 1.12 bits per heavy atom. The smallest absolute Gasteiger partial charge is 0.304 e. The van der Waals surface area contributed by atoms with Crippen LogP contribution in [0, 0.1) is 5.92 Å². The second kappa shape index (κ2) is 7.36. The Kier molecular flexibility index (Phi) is 4.98. The van der Waals surface area contributed by atoms with Crippen molar-refractivity contribution in [2.24, 2.45) is 5.92 Å². The van der Waals surface area contributed by atoms with Gasteiger partial charge in [0.05, 0.1) is 11.4 Å². The summed E-state index contributed by atoms with van der Waals surface area (Å²) in [5.74, 6) is 1.61. The second-order valence-corrected chi connectivity index (χ2v) is 8.09. The molecule has 3 aliphatic rings. The Morgan fingerprint density at radius 3 is 2.60 bits per heavy atom. The second-order valence-electron chi connectivity index (χ2n) is 8.09. The Bertz CT molecular complexity index is 614. The van der Waals surface area contributed by atoms with Crippen molar-refractivity contribution in [3.05, 3.63) is 23.8 Å². The summed E-state index contributed by atoms with van der Waals surface area (Å²) in [7, 11) is 0. The van der Waals surface area contributed by atoms with Crippen LogP contribution in [0.2, 0.25) is 0 Å². The molecule has 1 aromatic rings. The van der Waals surface area contributed by atoms with E-state index in [0.29, 0.717) is 5.92 Å². The van der Waals surface area contributed by atoms with E-state index in [9.17, 15) is 4.79 Å². The monoisotopic (exact) mass is 340 g/mol. The zero-order valence-electron chi connectivity index (χ0n) is 15.3. The molecule has 0 bridgehead atoms. The van der Waals surface area contributed by atoms with Gasteiger partial charge in [0.25, 0.3) is 0 Å². The summed E-state index contributed by atoms with van der Waals surface area (Å²) in [5, 5.41) is 6.83. The summed E-state index contributed by atoms with van der Waals surface area (Å²) < 4.78 is 0. The number of hydrogen-bond donors (Lipinski definition) is 1. The van der Waals surface area contributed by atoms with E-state index in [1.54, 1.807) is 0 Å². The number of fused-ring (bicyclic) bond motifs is 1. The quantitative estimate of drug-likeness (QED) is 0.838. The van der Waals surface area contributed by atoms with Gasteiger partial charge >= 0.3 is 6.03 Å². The summed E-state index contributed by atoms with van der Waals surface area (Å²) >= 11 is 0. The first kappa shape index (κ1) is 16.9. The lowest BCUT2D eigenvalue weighted by molar-refractivity contribution is 0.106. The van der Waals surface area contributed by atoms with E-state index in [4.69, 9.17) is 0 Å². The number of amides is 2. The molecule has 1 aliphatic carbocycles. The molecule has 1 aromatic carbocycles. The number of benzene rings is 1. The highest BCUT2D eigenvalue weighted by atomic mass is 16.2. The molecule has 1 saturated heterocycles. The highest BCUT2D eigenvalue weighted by Crippen LogP contribution is 2.37. The first-order valence-corrected chi connectivity index (χ1v) is 10.1. The normalized spacial score (nSPS) is 27.6. The van der Waals surface area contributed by atoms with Gasteiger partial charge in [0.1, 0.15) is 0 Å². The molecule has 2 heterocycles. The number of carbonyl (C=O) groups excluding carboxylic acids is 1. The van der Waals surface area contributed by atoms with Crippen LogP contribution in [0.4, 0.5) is 16.2 Å². The van der Waals surface area contributed by atoms with E-state index in [1.165, 1.54) is 70.0 Å². The first-order chi connectivity index (χ1) is 12.2. The van der Waals surface area contributed by atoms with Crippen LogP contribution in [0.15, 0.2) is 18.2 Å². The fourth-order valence-corrected chi connectivity index (χ4v) is 5.06. The Labute approximate surface area is 151 Å². The van der Waals surface area contributed by atoms with Gasteiger partial charge in [-0.3, -0.25) is 0 Å². The van der Waals surface area contributed by atoms with Crippen molar-refractivity contribution in [3.63, 3.8) is 0 Å². The van der Waals surface area contributed by atoms with Crippen LogP contribution in [0.1, 0.15) is 69.8 Å². The molecule has 0 unspecified atom stereocenters. The third-order valence-corrected chi connectivity index (χ3v) is 6.52. The average Bonchev–Trinajstić information content (AvgIpc) is 3.02. The van der Waals surface area contributed by atoms with Crippen molar-refractivity contribution in [1.29, 1.82) is 0 Å². The van der Waals surface area contributed by atoms with Crippen LogP contribution in [0.5, 0.6) is 0 Å². The van der Waals surface area contributed by atoms with Gasteiger partial charge in [0.2, 0.25) is 0 Å². The lowest BCUT2D eigenvalue weighted by Crippen LogP contribution is -2.42. The molecule has 4 rings (SSSR count). The number of carbonyl (C=O) groups is 1. The first-order valence-electron chi connectivity index (χ1n) is 10.1. The van der Waals surface area contributed by atoms with Gasteiger partial charge < -0.3 is 10.2 Å². The Morgan fingerprint density at radius 2 is 1.88 bits per heavy atom. The minimum atomic E-state index is -0.236. The summed E-state index contributed by atoms with van der Waals surface area (Å²) in [6, 6.07) is 6.90. The number of nitrogens with one attached hydrogen (secondary N) is 1. The maximum Gasteiger partial charge on any atom is 0.346 e. The predicted molar refractivity (Wildman–Crippen MR) is 101 cm³/mol. The van der Waals surface area contributed by atoms with E-state index in [-0.39, 0.29) is 6.03 Å². The third kappa shape index (κ3) is 3.69. The number of nitrogens with zero attached hydrogens (tertiary/aromatic N) is 2. The van der Waals surface area contributed by atoms with Gasteiger partial charge in [-0.2, -0.15) is 5.32 Å². The molecule has 0 spiro atoms. The number of urea groups is 1. The summed E-state index contributed by atoms with van der Waals surface area (Å²) in [5.41, 5.74) is 3.03. The van der Waals surface area contributed by atoms with E-state index in [2.05, 4.69) is 34.6 Å². The number of piperidine rings is 1. The molecule has 4 nitrogen and oxygen atoms in total. The molecule has 2 fully saturated rings. The minimum Gasteiger partial charge on any atom is -0.304 e. The van der Waals surface area contributed by atoms with E-state index < -0.39 is 0 Å². The lowest BCUT2D eigenvalue weighted by atomic mass is 9.81. The van der Waals surface area contributed by atoms with Crippen molar-refractivity contribution in [1.82, 2.24) is 10.2 Å². The van der Waals surface area contributed by atoms with Crippen LogP contribution >= 0.6 is 0 Å². The van der Waals surface area contributed by atoms with Crippen molar-refractivity contribution in [2.75, 3.05) is 18.4 Å². The van der Waals surface area contributed by atoms with Crippen molar-refractivity contribution in [2.45, 2.75) is 70.3 Å². The Hall–Kier alpha value is -1.55. The van der Waals surface area contributed by atoms with Gasteiger partial charge in [-0.15, -0.1) is 0 Å².